The Bertz CT molecular complexity index is 836. The van der Waals surface area contributed by atoms with Crippen LogP contribution in [0.4, 0.5) is 4.79 Å². The molecule has 0 N–H and O–H groups in total. The van der Waals surface area contributed by atoms with E-state index in [-0.39, 0.29) is 36.8 Å². The number of benzene rings is 1. The minimum atomic E-state index is -3.69. The fraction of sp³-hybridized carbons (Fsp3) is 0.375. The van der Waals surface area contributed by atoms with Crippen LogP contribution in [0.3, 0.4) is 0 Å². The minimum Gasteiger partial charge on any atom is -0.410 e. The van der Waals surface area contributed by atoms with Crippen LogP contribution >= 0.6 is 0 Å². The predicted molar refractivity (Wildman–Crippen MR) is 88.8 cm³/mol. The van der Waals surface area contributed by atoms with E-state index < -0.39 is 16.1 Å². The van der Waals surface area contributed by atoms with E-state index in [0.29, 0.717) is 11.4 Å². The molecular weight excluding hydrogens is 346 g/mol. The molecule has 25 heavy (non-hydrogen) atoms. The number of piperazine rings is 1. The number of aryl methyl sites for hydroxylation is 2. The van der Waals surface area contributed by atoms with Crippen molar-refractivity contribution in [1.82, 2.24) is 14.4 Å². The third-order valence-corrected chi connectivity index (χ3v) is 6.15. The van der Waals surface area contributed by atoms with Crippen LogP contribution < -0.4 is 4.74 Å². The third-order valence-electron chi connectivity index (χ3n) is 4.01. The van der Waals surface area contributed by atoms with Crippen LogP contribution in [-0.2, 0) is 10.0 Å². The third kappa shape index (κ3) is 3.52. The second-order valence-electron chi connectivity index (χ2n) is 5.73. The highest BCUT2D eigenvalue weighted by atomic mass is 32.2. The SMILES string of the molecule is Cc1noc(C)c1S(=O)(=O)N1CCN(C(=O)Oc2ccccc2)CC1. The molecule has 2 aromatic rings. The molecule has 0 aliphatic carbocycles. The number of carbonyl (C=O) groups is 1. The highest BCUT2D eigenvalue weighted by molar-refractivity contribution is 7.89. The molecule has 134 valence electrons. The van der Waals surface area contributed by atoms with Crippen LogP contribution in [0, 0.1) is 13.8 Å². The summed E-state index contributed by atoms with van der Waals surface area (Å²) >= 11 is 0. The van der Waals surface area contributed by atoms with Crippen LogP contribution in [0.15, 0.2) is 39.8 Å². The van der Waals surface area contributed by atoms with Crippen molar-refractivity contribution < 1.29 is 22.5 Å². The molecule has 0 bridgehead atoms. The molecule has 1 aliphatic rings. The maximum Gasteiger partial charge on any atom is 0.415 e. The van der Waals surface area contributed by atoms with Gasteiger partial charge in [0, 0.05) is 26.2 Å². The van der Waals surface area contributed by atoms with Crippen LogP contribution in [-0.4, -0.2) is 55.1 Å². The average Bonchev–Trinajstić information content (AvgIpc) is 2.95. The molecule has 0 atom stereocenters. The van der Waals surface area contributed by atoms with Crippen molar-refractivity contribution >= 4 is 16.1 Å². The maximum absolute atomic E-state index is 12.7. The van der Waals surface area contributed by atoms with Crippen molar-refractivity contribution in [3.8, 4) is 5.75 Å². The summed E-state index contributed by atoms with van der Waals surface area (Å²) in [5.41, 5.74) is 0.336. The molecule has 1 fully saturated rings. The van der Waals surface area contributed by atoms with E-state index in [1.54, 1.807) is 38.1 Å². The number of nitrogens with zero attached hydrogens (tertiary/aromatic N) is 3. The molecular formula is C16H19N3O5S. The molecule has 1 aliphatic heterocycles. The number of aromatic nitrogens is 1. The number of carbonyl (C=O) groups excluding carboxylic acids is 1. The number of rotatable bonds is 3. The van der Waals surface area contributed by atoms with Crippen LogP contribution in [0.2, 0.25) is 0 Å². The predicted octanol–water partition coefficient (Wildman–Crippen LogP) is 1.80. The molecule has 0 saturated carbocycles. The normalized spacial score (nSPS) is 16.0. The highest BCUT2D eigenvalue weighted by Gasteiger charge is 2.34. The molecule has 1 saturated heterocycles. The molecule has 8 nitrogen and oxygen atoms in total. The first kappa shape index (κ1) is 17.4. The zero-order chi connectivity index (χ0) is 18.0. The van der Waals surface area contributed by atoms with Gasteiger partial charge in [-0.25, -0.2) is 13.2 Å². The summed E-state index contributed by atoms with van der Waals surface area (Å²) in [6.07, 6.45) is -0.486. The fourth-order valence-corrected chi connectivity index (χ4v) is 4.45. The first-order valence-corrected chi connectivity index (χ1v) is 9.28. The van der Waals surface area contributed by atoms with Gasteiger partial charge in [-0.15, -0.1) is 0 Å². The van der Waals surface area contributed by atoms with E-state index >= 15 is 0 Å². The zero-order valence-electron chi connectivity index (χ0n) is 14.0. The van der Waals surface area contributed by atoms with Gasteiger partial charge >= 0.3 is 6.09 Å². The molecule has 1 aromatic heterocycles. The zero-order valence-corrected chi connectivity index (χ0v) is 14.8. The monoisotopic (exact) mass is 365 g/mol. The summed E-state index contributed by atoms with van der Waals surface area (Å²) in [6.45, 7) is 4.06. The lowest BCUT2D eigenvalue weighted by molar-refractivity contribution is 0.132. The van der Waals surface area contributed by atoms with Gasteiger partial charge in [0.15, 0.2) is 5.76 Å². The van der Waals surface area contributed by atoms with Gasteiger partial charge in [-0.05, 0) is 26.0 Å². The summed E-state index contributed by atoms with van der Waals surface area (Å²) in [7, 11) is -3.69. The van der Waals surface area contributed by atoms with Crippen LogP contribution in [0.1, 0.15) is 11.5 Å². The van der Waals surface area contributed by atoms with Crippen molar-refractivity contribution in [2.45, 2.75) is 18.7 Å². The van der Waals surface area contributed by atoms with E-state index in [4.69, 9.17) is 9.26 Å². The number of sulfonamides is 1. The lowest BCUT2D eigenvalue weighted by Crippen LogP contribution is -2.51. The largest absolute Gasteiger partial charge is 0.415 e. The standard InChI is InChI=1S/C16H19N3O5S/c1-12-15(13(2)24-17-12)25(21,22)19-10-8-18(9-11-19)16(20)23-14-6-4-3-5-7-14/h3-7H,8-11H2,1-2H3. The van der Waals surface area contributed by atoms with E-state index in [9.17, 15) is 13.2 Å². The Morgan fingerprint density at radius 3 is 2.32 bits per heavy atom. The van der Waals surface area contributed by atoms with Crippen LogP contribution in [0.25, 0.3) is 0 Å². The van der Waals surface area contributed by atoms with Crippen molar-refractivity contribution in [2.24, 2.45) is 0 Å². The molecule has 0 radical (unpaired) electrons. The number of hydrogen-bond acceptors (Lipinski definition) is 6. The number of hydrogen-bond donors (Lipinski definition) is 0. The first-order chi connectivity index (χ1) is 11.9. The van der Waals surface area contributed by atoms with Gasteiger partial charge in [0.25, 0.3) is 0 Å². The van der Waals surface area contributed by atoms with Crippen molar-refractivity contribution in [2.75, 3.05) is 26.2 Å². The maximum atomic E-state index is 12.7. The molecule has 2 heterocycles. The van der Waals surface area contributed by atoms with Gasteiger partial charge in [-0.1, -0.05) is 23.4 Å². The molecule has 1 aromatic carbocycles. The van der Waals surface area contributed by atoms with Gasteiger partial charge in [0.1, 0.15) is 16.3 Å². The molecule has 9 heteroatoms. The number of amides is 1. The lowest BCUT2D eigenvalue weighted by Gasteiger charge is -2.33. The number of ether oxygens (including phenoxy) is 1. The van der Waals surface area contributed by atoms with Gasteiger partial charge < -0.3 is 14.2 Å². The minimum absolute atomic E-state index is 0.104. The summed E-state index contributed by atoms with van der Waals surface area (Å²) in [6, 6.07) is 8.76. The van der Waals surface area contributed by atoms with E-state index in [2.05, 4.69) is 5.16 Å². The Kier molecular flexibility index (Phi) is 4.78. The second kappa shape index (κ2) is 6.85. The molecule has 0 spiro atoms. The van der Waals surface area contributed by atoms with Gasteiger partial charge in [-0.2, -0.15) is 4.31 Å². The quantitative estimate of drug-likeness (QED) is 0.823. The first-order valence-electron chi connectivity index (χ1n) is 7.84. The van der Waals surface area contributed by atoms with Gasteiger partial charge in [0.05, 0.1) is 0 Å². The van der Waals surface area contributed by atoms with Crippen molar-refractivity contribution in [3.05, 3.63) is 41.8 Å². The summed E-state index contributed by atoms with van der Waals surface area (Å²) < 4.78 is 37.1. The van der Waals surface area contributed by atoms with Crippen molar-refractivity contribution in [1.29, 1.82) is 0 Å². The Balaban J connectivity index is 1.65. The Labute approximate surface area is 146 Å². The summed E-state index contributed by atoms with van der Waals surface area (Å²) in [5, 5.41) is 3.70. The highest BCUT2D eigenvalue weighted by Crippen LogP contribution is 2.24. The summed E-state index contributed by atoms with van der Waals surface area (Å²) in [5.74, 6) is 0.724. The van der Waals surface area contributed by atoms with Gasteiger partial charge in [-0.3, -0.25) is 0 Å². The number of para-hydroxylation sites is 1. The average molecular weight is 365 g/mol. The smallest absolute Gasteiger partial charge is 0.410 e. The van der Waals surface area contributed by atoms with E-state index in [1.807, 2.05) is 6.07 Å². The summed E-state index contributed by atoms with van der Waals surface area (Å²) in [4.78, 5) is 13.8. The Hall–Kier alpha value is -2.39. The Morgan fingerprint density at radius 1 is 1.12 bits per heavy atom. The topological polar surface area (TPSA) is 93.0 Å². The molecule has 0 unspecified atom stereocenters. The lowest BCUT2D eigenvalue weighted by atomic mass is 10.3. The van der Waals surface area contributed by atoms with E-state index in [0.717, 1.165) is 0 Å². The second-order valence-corrected chi connectivity index (χ2v) is 7.60. The molecule has 1 amide bonds. The molecule has 3 rings (SSSR count). The van der Waals surface area contributed by atoms with E-state index in [1.165, 1.54) is 9.21 Å². The Morgan fingerprint density at radius 2 is 1.76 bits per heavy atom. The van der Waals surface area contributed by atoms with Crippen molar-refractivity contribution in [3.63, 3.8) is 0 Å². The fourth-order valence-electron chi connectivity index (χ4n) is 2.74. The van der Waals surface area contributed by atoms with Crippen LogP contribution in [0.5, 0.6) is 5.75 Å². The van der Waals surface area contributed by atoms with Gasteiger partial charge in [0.2, 0.25) is 10.0 Å².